The number of nitrogens with zero attached hydrogens (tertiary/aromatic N) is 2. The zero-order chi connectivity index (χ0) is 22.8. The number of aromatic nitrogens is 1. The molecule has 0 aliphatic rings. The second kappa shape index (κ2) is 9.39. The Balaban J connectivity index is 2.00. The predicted molar refractivity (Wildman–Crippen MR) is 119 cm³/mol. The Morgan fingerprint density at radius 1 is 1.29 bits per heavy atom. The minimum Gasteiger partial charge on any atom is -0.464 e. The molecule has 0 radical (unpaired) electrons. The van der Waals surface area contributed by atoms with Crippen LogP contribution in [0.3, 0.4) is 0 Å². The largest absolute Gasteiger partial charge is 0.464 e. The van der Waals surface area contributed by atoms with Crippen molar-refractivity contribution in [2.45, 2.75) is 24.3 Å². The molecule has 3 rings (SSSR count). The van der Waals surface area contributed by atoms with Crippen molar-refractivity contribution in [1.29, 1.82) is 0 Å². The van der Waals surface area contributed by atoms with Gasteiger partial charge < -0.3 is 10.4 Å². The van der Waals surface area contributed by atoms with Crippen LogP contribution in [0.4, 0.5) is 20.7 Å². The van der Waals surface area contributed by atoms with Crippen LogP contribution in [0, 0.1) is 5.82 Å². The van der Waals surface area contributed by atoms with Gasteiger partial charge in [0.2, 0.25) is 0 Å². The average molecular weight is 504 g/mol. The van der Waals surface area contributed by atoms with Crippen LogP contribution >= 0.6 is 34.5 Å². The maximum Gasteiger partial charge on any atom is 0.427 e. The molecule has 0 aliphatic heterocycles. The molecular formula is C19H16Cl2FN3O4S2. The van der Waals surface area contributed by atoms with E-state index in [2.05, 4.69) is 10.3 Å². The number of hydrogen-bond acceptors (Lipinski definition) is 6. The second-order valence-electron chi connectivity index (χ2n) is 6.29. The summed E-state index contributed by atoms with van der Waals surface area (Å²) in [5.74, 6) is -1.53. The van der Waals surface area contributed by atoms with Gasteiger partial charge in [-0.15, -0.1) is 15.6 Å². The Morgan fingerprint density at radius 2 is 2.00 bits per heavy atom. The van der Waals surface area contributed by atoms with Gasteiger partial charge in [0.1, 0.15) is 10.7 Å². The minimum atomic E-state index is -4.82. The van der Waals surface area contributed by atoms with E-state index in [0.29, 0.717) is 11.4 Å². The van der Waals surface area contributed by atoms with Crippen LogP contribution in [0.25, 0.3) is 0 Å². The monoisotopic (exact) mass is 503 g/mol. The van der Waals surface area contributed by atoms with Crippen molar-refractivity contribution >= 4 is 62.2 Å². The van der Waals surface area contributed by atoms with Crippen molar-refractivity contribution < 1.29 is 22.7 Å². The van der Waals surface area contributed by atoms with Gasteiger partial charge in [0.05, 0.1) is 22.3 Å². The summed E-state index contributed by atoms with van der Waals surface area (Å²) >= 11 is 13.5. The summed E-state index contributed by atoms with van der Waals surface area (Å²) < 4.78 is 40.6. The molecule has 0 fully saturated rings. The average Bonchev–Trinajstić information content (AvgIpc) is 3.22. The Kier molecular flexibility index (Phi) is 7.05. The number of nitrogens with one attached hydrogen (secondary N) is 1. The van der Waals surface area contributed by atoms with Gasteiger partial charge in [-0.1, -0.05) is 48.3 Å². The standard InChI is InChI=1S/C19H16Cl2FN3O4S2/c1-2-15(11-5-3-4-6-12(11)20)24-16-8-14(22)17(7-13(16)21)31(28,29)25(19(26)27)18-9-30-10-23-18/h3-10,15,24H,2H2,1H3,(H,26,27)/t15-/m0/s1. The van der Waals surface area contributed by atoms with Crippen LogP contribution in [0.2, 0.25) is 10.0 Å². The normalized spacial score (nSPS) is 12.4. The van der Waals surface area contributed by atoms with Crippen molar-refractivity contribution in [3.63, 3.8) is 0 Å². The molecule has 0 bridgehead atoms. The molecule has 12 heteroatoms. The van der Waals surface area contributed by atoms with Crippen LogP contribution in [-0.2, 0) is 10.0 Å². The maximum atomic E-state index is 14.9. The number of carboxylic acid groups (broad SMARTS) is 1. The van der Waals surface area contributed by atoms with Crippen molar-refractivity contribution in [3.8, 4) is 0 Å². The summed E-state index contributed by atoms with van der Waals surface area (Å²) in [4.78, 5) is 14.4. The lowest BCUT2D eigenvalue weighted by Gasteiger charge is -2.22. The van der Waals surface area contributed by atoms with E-state index < -0.39 is 26.8 Å². The van der Waals surface area contributed by atoms with Crippen LogP contribution in [0.5, 0.6) is 0 Å². The van der Waals surface area contributed by atoms with Crippen LogP contribution in [0.1, 0.15) is 24.9 Å². The highest BCUT2D eigenvalue weighted by Crippen LogP contribution is 2.35. The fourth-order valence-electron chi connectivity index (χ4n) is 2.91. The molecule has 2 N–H and O–H groups in total. The van der Waals surface area contributed by atoms with E-state index in [1.54, 1.807) is 12.1 Å². The fourth-order valence-corrected chi connectivity index (χ4v) is 5.37. The van der Waals surface area contributed by atoms with Gasteiger partial charge in [-0.2, -0.15) is 0 Å². The highest BCUT2D eigenvalue weighted by atomic mass is 35.5. The lowest BCUT2D eigenvalue weighted by molar-refractivity contribution is 0.206. The molecule has 1 heterocycles. The van der Waals surface area contributed by atoms with Crippen LogP contribution < -0.4 is 9.62 Å². The van der Waals surface area contributed by atoms with Gasteiger partial charge >= 0.3 is 6.09 Å². The van der Waals surface area contributed by atoms with Crippen LogP contribution in [0.15, 0.2) is 52.2 Å². The summed E-state index contributed by atoms with van der Waals surface area (Å²) in [6.07, 6.45) is -1.24. The molecule has 0 spiro atoms. The molecule has 0 saturated carbocycles. The second-order valence-corrected chi connectivity index (χ2v) is 9.58. The lowest BCUT2D eigenvalue weighted by atomic mass is 10.0. The first-order valence-corrected chi connectivity index (χ1v) is 12.0. The summed E-state index contributed by atoms with van der Waals surface area (Å²) in [6, 6.07) is 8.58. The van der Waals surface area contributed by atoms with Crippen molar-refractivity contribution in [1.82, 2.24) is 4.98 Å². The summed E-state index contributed by atoms with van der Waals surface area (Å²) in [6.45, 7) is 1.89. The zero-order valence-corrected chi connectivity index (χ0v) is 19.1. The summed E-state index contributed by atoms with van der Waals surface area (Å²) in [5.41, 5.74) is 2.16. The van der Waals surface area contributed by atoms with E-state index in [1.165, 1.54) is 10.9 Å². The topological polar surface area (TPSA) is 99.6 Å². The van der Waals surface area contributed by atoms with Gasteiger partial charge in [0.15, 0.2) is 5.82 Å². The van der Waals surface area contributed by atoms with Gasteiger partial charge in [-0.25, -0.2) is 22.6 Å². The molecule has 3 aromatic rings. The van der Waals surface area contributed by atoms with Gasteiger partial charge in [0.25, 0.3) is 10.0 Å². The zero-order valence-electron chi connectivity index (χ0n) is 15.9. The number of halogens is 3. The van der Waals surface area contributed by atoms with E-state index in [9.17, 15) is 22.7 Å². The van der Waals surface area contributed by atoms with Gasteiger partial charge in [-0.05, 0) is 30.2 Å². The molecule has 1 aromatic heterocycles. The predicted octanol–water partition coefficient (Wildman–Crippen LogP) is 6.03. The van der Waals surface area contributed by atoms with E-state index >= 15 is 0 Å². The minimum absolute atomic E-state index is 0.00390. The molecule has 7 nitrogen and oxygen atoms in total. The first kappa shape index (κ1) is 23.3. The molecule has 1 amide bonds. The summed E-state index contributed by atoms with van der Waals surface area (Å²) in [5, 5.41) is 14.1. The van der Waals surface area contributed by atoms with Crippen LogP contribution in [-0.4, -0.2) is 24.6 Å². The summed E-state index contributed by atoms with van der Waals surface area (Å²) in [7, 11) is -4.82. The Labute approximate surface area is 192 Å². The first-order chi connectivity index (χ1) is 14.7. The molecular weight excluding hydrogens is 488 g/mol. The quantitative estimate of drug-likeness (QED) is 0.408. The molecule has 0 unspecified atom stereocenters. The van der Waals surface area contributed by atoms with E-state index in [0.717, 1.165) is 29.0 Å². The highest BCUT2D eigenvalue weighted by molar-refractivity contribution is 7.93. The number of amides is 1. The number of benzene rings is 2. The van der Waals surface area contributed by atoms with Crippen molar-refractivity contribution in [2.24, 2.45) is 0 Å². The SMILES string of the molecule is CC[C@H](Nc1cc(F)c(S(=O)(=O)N(C(=O)O)c2cscn2)cc1Cl)c1ccccc1Cl. The molecule has 31 heavy (non-hydrogen) atoms. The maximum absolute atomic E-state index is 14.9. The smallest absolute Gasteiger partial charge is 0.427 e. The molecule has 164 valence electrons. The number of thiazole rings is 1. The highest BCUT2D eigenvalue weighted by Gasteiger charge is 2.35. The van der Waals surface area contributed by atoms with E-state index in [-0.39, 0.29) is 26.9 Å². The Morgan fingerprint density at radius 3 is 2.58 bits per heavy atom. The van der Waals surface area contributed by atoms with Gasteiger partial charge in [-0.3, -0.25) is 0 Å². The van der Waals surface area contributed by atoms with Gasteiger partial charge in [0, 0.05) is 10.4 Å². The first-order valence-electron chi connectivity index (χ1n) is 8.83. The molecule has 0 saturated heterocycles. The number of carbonyl (C=O) groups is 1. The fraction of sp³-hybridized carbons (Fsp3) is 0.158. The molecule has 0 aliphatic carbocycles. The van der Waals surface area contributed by atoms with Crippen molar-refractivity contribution in [2.75, 3.05) is 9.62 Å². The third kappa shape index (κ3) is 4.77. The lowest BCUT2D eigenvalue weighted by Crippen LogP contribution is -2.36. The third-order valence-corrected chi connectivity index (χ3v) is 7.28. The third-order valence-electron chi connectivity index (χ3n) is 4.36. The Bertz CT molecular complexity index is 1210. The van der Waals surface area contributed by atoms with E-state index in [1.807, 2.05) is 19.1 Å². The number of rotatable bonds is 7. The van der Waals surface area contributed by atoms with Crippen molar-refractivity contribution in [3.05, 3.63) is 68.7 Å². The van der Waals surface area contributed by atoms with E-state index in [4.69, 9.17) is 23.2 Å². The number of anilines is 2. The molecule has 1 atom stereocenters. The number of sulfonamides is 1. The Hall–Kier alpha value is -2.40. The molecule has 2 aromatic carbocycles. The number of hydrogen-bond donors (Lipinski definition) is 2.